The summed E-state index contributed by atoms with van der Waals surface area (Å²) < 4.78 is 17.6. The lowest BCUT2D eigenvalue weighted by Crippen LogP contribution is -2.36. The van der Waals surface area contributed by atoms with Crippen molar-refractivity contribution in [1.29, 1.82) is 0 Å². The summed E-state index contributed by atoms with van der Waals surface area (Å²) in [6.07, 6.45) is 10.1. The van der Waals surface area contributed by atoms with E-state index in [-0.39, 0.29) is 6.10 Å². The van der Waals surface area contributed by atoms with E-state index in [0.717, 1.165) is 41.9 Å². The van der Waals surface area contributed by atoms with Crippen molar-refractivity contribution in [2.45, 2.75) is 90.6 Å². The molecular weight excluding hydrogens is 480 g/mol. The van der Waals surface area contributed by atoms with Crippen LogP contribution in [0.4, 0.5) is 0 Å². The van der Waals surface area contributed by atoms with Gasteiger partial charge in [0.1, 0.15) is 11.9 Å². The summed E-state index contributed by atoms with van der Waals surface area (Å²) in [5.41, 5.74) is 5.47. The number of ether oxygens (including phenoxy) is 3. The van der Waals surface area contributed by atoms with Crippen molar-refractivity contribution in [2.75, 3.05) is 14.2 Å². The largest absolute Gasteiger partial charge is 0.493 e. The molecule has 5 rings (SSSR count). The molecule has 3 aromatic carbocycles. The van der Waals surface area contributed by atoms with Crippen molar-refractivity contribution in [2.24, 2.45) is 11.8 Å². The summed E-state index contributed by atoms with van der Waals surface area (Å²) >= 11 is 0. The van der Waals surface area contributed by atoms with Crippen LogP contribution >= 0.6 is 0 Å². The molecule has 0 N–H and O–H groups in total. The third kappa shape index (κ3) is 7.18. The van der Waals surface area contributed by atoms with Crippen LogP contribution in [0.3, 0.4) is 0 Å². The fraction of sp³-hybridized carbons (Fsp3) is 0.500. The number of fused-ring (bicyclic) bond motifs is 2. The minimum atomic E-state index is -0.0246. The van der Waals surface area contributed by atoms with E-state index in [2.05, 4.69) is 74.5 Å². The van der Waals surface area contributed by atoms with E-state index < -0.39 is 0 Å². The third-order valence-corrected chi connectivity index (χ3v) is 8.76. The number of methoxy groups -OCH3 is 2. The molecule has 3 aromatic rings. The highest BCUT2D eigenvalue weighted by Gasteiger charge is 2.40. The Labute approximate surface area is 236 Å². The van der Waals surface area contributed by atoms with Gasteiger partial charge < -0.3 is 14.2 Å². The Morgan fingerprint density at radius 1 is 0.846 bits per heavy atom. The molecule has 2 bridgehead atoms. The number of rotatable bonds is 9. The second kappa shape index (κ2) is 13.4. The summed E-state index contributed by atoms with van der Waals surface area (Å²) in [7, 11) is 3.36. The lowest BCUT2D eigenvalue weighted by molar-refractivity contribution is 0.120. The Kier molecular flexibility index (Phi) is 9.99. The van der Waals surface area contributed by atoms with E-state index in [1.807, 2.05) is 19.9 Å². The fourth-order valence-corrected chi connectivity index (χ4v) is 6.96. The van der Waals surface area contributed by atoms with Gasteiger partial charge in [-0.2, -0.15) is 0 Å². The van der Waals surface area contributed by atoms with Crippen LogP contribution in [0.1, 0.15) is 94.1 Å². The quantitative estimate of drug-likeness (QED) is 0.277. The van der Waals surface area contributed by atoms with Gasteiger partial charge in [0.2, 0.25) is 0 Å². The second-order valence-electron chi connectivity index (χ2n) is 11.6. The highest BCUT2D eigenvalue weighted by molar-refractivity contribution is 5.43. The zero-order chi connectivity index (χ0) is 27.8. The van der Waals surface area contributed by atoms with Crippen LogP contribution in [-0.4, -0.2) is 14.2 Å². The molecule has 0 heterocycles. The average molecular weight is 529 g/mol. The summed E-state index contributed by atoms with van der Waals surface area (Å²) in [4.78, 5) is 0. The van der Waals surface area contributed by atoms with Gasteiger partial charge in [0, 0.05) is 0 Å². The molecule has 2 saturated carbocycles. The Morgan fingerprint density at radius 2 is 1.54 bits per heavy atom. The van der Waals surface area contributed by atoms with E-state index in [4.69, 9.17) is 14.2 Å². The summed E-state index contributed by atoms with van der Waals surface area (Å²) in [5, 5.41) is 0. The molecular formula is C36H48O3. The Morgan fingerprint density at radius 3 is 2.18 bits per heavy atom. The Hall–Kier alpha value is -2.94. The monoisotopic (exact) mass is 528 g/mol. The Balaban J connectivity index is 0.00000172. The van der Waals surface area contributed by atoms with Gasteiger partial charge in [-0.15, -0.1) is 0 Å². The van der Waals surface area contributed by atoms with Crippen molar-refractivity contribution in [3.05, 3.63) is 89.0 Å². The first-order valence-electron chi connectivity index (χ1n) is 15.0. The maximum atomic E-state index is 6.67. The summed E-state index contributed by atoms with van der Waals surface area (Å²) in [6.45, 7) is 8.63. The van der Waals surface area contributed by atoms with Gasteiger partial charge in [0.05, 0.1) is 14.2 Å². The molecule has 2 aliphatic carbocycles. The van der Waals surface area contributed by atoms with Gasteiger partial charge in [0.15, 0.2) is 11.5 Å². The van der Waals surface area contributed by atoms with Crippen molar-refractivity contribution < 1.29 is 14.2 Å². The lowest BCUT2D eigenvalue weighted by Gasteiger charge is -2.46. The number of aryl methyl sites for hydroxylation is 2. The van der Waals surface area contributed by atoms with E-state index in [1.54, 1.807) is 14.2 Å². The van der Waals surface area contributed by atoms with Crippen LogP contribution in [0.2, 0.25) is 0 Å². The van der Waals surface area contributed by atoms with Gasteiger partial charge in [-0.3, -0.25) is 0 Å². The van der Waals surface area contributed by atoms with E-state index >= 15 is 0 Å². The smallest absolute Gasteiger partial charge is 0.160 e. The standard InChI is InChI=1S/C34H42O3.C2H6/c1-24-7-5-10-28(19-24)31(17-11-25-12-18-32(35-3)33(21-25)36-4)37-30-15-13-29(14-16-30)34(2)22-26-8-6-9-27(20-26)23-34;1-2/h5,7,10,12-16,18-19,21,26-27,31H,6,8-9,11,17,20,22-23H2,1-4H3;1-2H3. The van der Waals surface area contributed by atoms with Crippen molar-refractivity contribution in [3.63, 3.8) is 0 Å². The van der Waals surface area contributed by atoms with Crippen LogP contribution in [0, 0.1) is 18.8 Å². The minimum absolute atomic E-state index is 0.0246. The van der Waals surface area contributed by atoms with Crippen LogP contribution < -0.4 is 14.2 Å². The van der Waals surface area contributed by atoms with E-state index in [1.165, 1.54) is 60.8 Å². The highest BCUT2D eigenvalue weighted by atomic mass is 16.5. The third-order valence-electron chi connectivity index (χ3n) is 8.76. The Bertz CT molecular complexity index is 1170. The maximum absolute atomic E-state index is 6.67. The van der Waals surface area contributed by atoms with Gasteiger partial charge in [-0.05, 0) is 97.2 Å². The van der Waals surface area contributed by atoms with Crippen LogP contribution in [0.5, 0.6) is 17.2 Å². The second-order valence-corrected chi connectivity index (χ2v) is 11.6. The minimum Gasteiger partial charge on any atom is -0.493 e. The van der Waals surface area contributed by atoms with Gasteiger partial charge in [-0.1, -0.05) is 88.1 Å². The first-order chi connectivity index (χ1) is 19.0. The molecule has 0 aliphatic heterocycles. The molecule has 0 aromatic heterocycles. The first-order valence-corrected chi connectivity index (χ1v) is 15.0. The molecule has 3 nitrogen and oxygen atoms in total. The average Bonchev–Trinajstić information content (AvgIpc) is 2.96. The lowest BCUT2D eigenvalue weighted by atomic mass is 9.59. The maximum Gasteiger partial charge on any atom is 0.160 e. The molecule has 0 saturated heterocycles. The van der Waals surface area contributed by atoms with Gasteiger partial charge >= 0.3 is 0 Å². The molecule has 2 fully saturated rings. The molecule has 3 heteroatoms. The predicted octanol–water partition coefficient (Wildman–Crippen LogP) is 9.65. The van der Waals surface area contributed by atoms with Crippen molar-refractivity contribution >= 4 is 0 Å². The zero-order valence-corrected chi connectivity index (χ0v) is 25.0. The summed E-state index contributed by atoms with van der Waals surface area (Å²) in [5.74, 6) is 4.30. The number of hydrogen-bond acceptors (Lipinski definition) is 3. The summed E-state index contributed by atoms with van der Waals surface area (Å²) in [6, 6.07) is 23.9. The molecule has 39 heavy (non-hydrogen) atoms. The molecule has 2 aliphatic rings. The SMILES string of the molecule is CC.COc1ccc(CCC(Oc2ccc(C3(C)CC4CCCC(C4)C3)cc2)c2cccc(C)c2)cc1OC. The molecule has 3 unspecified atom stereocenters. The number of benzene rings is 3. The van der Waals surface area contributed by atoms with Crippen molar-refractivity contribution in [3.8, 4) is 17.2 Å². The van der Waals surface area contributed by atoms with Crippen LogP contribution in [-0.2, 0) is 11.8 Å². The van der Waals surface area contributed by atoms with Gasteiger partial charge in [-0.25, -0.2) is 0 Å². The van der Waals surface area contributed by atoms with Crippen LogP contribution in [0.25, 0.3) is 0 Å². The van der Waals surface area contributed by atoms with E-state index in [0.29, 0.717) is 5.41 Å². The molecule has 0 spiro atoms. The molecule has 210 valence electrons. The zero-order valence-electron chi connectivity index (χ0n) is 25.0. The van der Waals surface area contributed by atoms with Crippen LogP contribution in [0.15, 0.2) is 66.7 Å². The fourth-order valence-electron chi connectivity index (χ4n) is 6.96. The first kappa shape index (κ1) is 29.1. The molecule has 3 atom stereocenters. The van der Waals surface area contributed by atoms with Gasteiger partial charge in [0.25, 0.3) is 0 Å². The van der Waals surface area contributed by atoms with E-state index in [9.17, 15) is 0 Å². The molecule has 0 radical (unpaired) electrons. The predicted molar refractivity (Wildman–Crippen MR) is 162 cm³/mol. The van der Waals surface area contributed by atoms with Crippen molar-refractivity contribution in [1.82, 2.24) is 0 Å². The normalized spacial score (nSPS) is 22.7. The topological polar surface area (TPSA) is 27.7 Å². The highest BCUT2D eigenvalue weighted by Crippen LogP contribution is 2.50. The number of hydrogen-bond donors (Lipinski definition) is 0. The molecule has 0 amide bonds.